The maximum atomic E-state index is 13.8. The van der Waals surface area contributed by atoms with Gasteiger partial charge in [0, 0.05) is 36.0 Å². The molecule has 3 N–H and O–H groups in total. The summed E-state index contributed by atoms with van der Waals surface area (Å²) < 4.78 is 15.6. The molecule has 0 unspecified atom stereocenters. The lowest BCUT2D eigenvalue weighted by Crippen LogP contribution is -2.38. The number of nitrogens with zero attached hydrogens (tertiary/aromatic N) is 6. The fourth-order valence-corrected chi connectivity index (χ4v) is 5.79. The molecule has 13 heteroatoms. The van der Waals surface area contributed by atoms with Gasteiger partial charge in [0.15, 0.2) is 0 Å². The largest absolute Gasteiger partial charge is 0.465 e. The molecule has 44 heavy (non-hydrogen) atoms. The number of fused-ring (bicyclic) bond motifs is 1. The zero-order valence-corrected chi connectivity index (χ0v) is 24.6. The normalized spacial score (nSPS) is 14.3. The van der Waals surface area contributed by atoms with E-state index in [1.54, 1.807) is 10.7 Å². The third kappa shape index (κ3) is 5.95. The number of aromatic nitrogens is 4. The van der Waals surface area contributed by atoms with E-state index in [4.69, 9.17) is 23.2 Å². The SMILES string of the molecule is N#Cc1cnc2c(Cl)cc(N[C@@H](c3ccccc3)c3cn(C4CCN(C(=O)O)CC4)nn3)cc2c1Nc1ccc(F)c(Cl)c1. The molecule has 0 radical (unpaired) electrons. The van der Waals surface area contributed by atoms with E-state index >= 15 is 0 Å². The first-order chi connectivity index (χ1) is 21.3. The van der Waals surface area contributed by atoms with Crippen LogP contribution in [-0.4, -0.2) is 49.2 Å². The Kier molecular flexibility index (Phi) is 8.19. The summed E-state index contributed by atoms with van der Waals surface area (Å²) in [6.07, 6.45) is 3.68. The quantitative estimate of drug-likeness (QED) is 0.169. The topological polar surface area (TPSA) is 132 Å². The van der Waals surface area contributed by atoms with Crippen LogP contribution in [0, 0.1) is 17.1 Å². The monoisotopic (exact) mass is 630 g/mol. The van der Waals surface area contributed by atoms with Gasteiger partial charge >= 0.3 is 6.09 Å². The van der Waals surface area contributed by atoms with Gasteiger partial charge in [-0.1, -0.05) is 58.7 Å². The van der Waals surface area contributed by atoms with Crippen molar-refractivity contribution in [2.75, 3.05) is 23.7 Å². The molecule has 0 aliphatic carbocycles. The first-order valence-corrected chi connectivity index (χ1v) is 14.5. The summed E-state index contributed by atoms with van der Waals surface area (Å²) in [5, 5.41) is 35.7. The molecular formula is C31H25Cl2FN8O2. The minimum absolute atomic E-state index is 0.0301. The van der Waals surface area contributed by atoms with Crippen LogP contribution < -0.4 is 10.6 Å². The Morgan fingerprint density at radius 2 is 1.82 bits per heavy atom. The van der Waals surface area contributed by atoms with Crippen molar-refractivity contribution in [3.8, 4) is 6.07 Å². The van der Waals surface area contributed by atoms with E-state index in [9.17, 15) is 19.6 Å². The number of hydrogen-bond donors (Lipinski definition) is 3. The number of amides is 1. The van der Waals surface area contributed by atoms with Crippen LogP contribution >= 0.6 is 23.2 Å². The summed E-state index contributed by atoms with van der Waals surface area (Å²) in [7, 11) is 0. The van der Waals surface area contributed by atoms with Crippen LogP contribution in [0.3, 0.4) is 0 Å². The number of nitrogens with one attached hydrogen (secondary N) is 2. The highest BCUT2D eigenvalue weighted by atomic mass is 35.5. The predicted octanol–water partition coefficient (Wildman–Crippen LogP) is 7.40. The minimum atomic E-state index is -0.915. The van der Waals surface area contributed by atoms with E-state index in [0.29, 0.717) is 64.6 Å². The lowest BCUT2D eigenvalue weighted by molar-refractivity contribution is 0.123. The summed E-state index contributed by atoms with van der Waals surface area (Å²) >= 11 is 12.7. The predicted molar refractivity (Wildman–Crippen MR) is 166 cm³/mol. The van der Waals surface area contributed by atoms with Gasteiger partial charge in [-0.15, -0.1) is 5.10 Å². The number of benzene rings is 3. The molecule has 5 aromatic rings. The number of halogens is 3. The molecule has 0 bridgehead atoms. The number of carbonyl (C=O) groups is 1. The first kappa shape index (κ1) is 29.2. The number of carboxylic acid groups (broad SMARTS) is 1. The highest BCUT2D eigenvalue weighted by molar-refractivity contribution is 6.36. The zero-order chi connectivity index (χ0) is 30.8. The average Bonchev–Trinajstić information content (AvgIpc) is 3.52. The first-order valence-electron chi connectivity index (χ1n) is 13.8. The summed E-state index contributed by atoms with van der Waals surface area (Å²) in [6.45, 7) is 0.870. The number of nitriles is 1. The Hall–Kier alpha value is -4.92. The molecule has 1 aliphatic heterocycles. The second-order valence-electron chi connectivity index (χ2n) is 10.4. The van der Waals surface area contributed by atoms with Crippen LogP contribution in [-0.2, 0) is 0 Å². The van der Waals surface area contributed by atoms with Crippen LogP contribution in [0.5, 0.6) is 0 Å². The number of likely N-dealkylation sites (tertiary alicyclic amines) is 1. The van der Waals surface area contributed by atoms with Crippen LogP contribution in [0.25, 0.3) is 10.9 Å². The molecule has 0 saturated carbocycles. The van der Waals surface area contributed by atoms with E-state index in [-0.39, 0.29) is 16.6 Å². The molecule has 1 saturated heterocycles. The van der Waals surface area contributed by atoms with Crippen LogP contribution in [0.1, 0.15) is 41.7 Å². The molecule has 1 fully saturated rings. The maximum absolute atomic E-state index is 13.8. The van der Waals surface area contributed by atoms with Gasteiger partial charge in [0.2, 0.25) is 0 Å². The Morgan fingerprint density at radius 1 is 1.07 bits per heavy atom. The van der Waals surface area contributed by atoms with Crippen molar-refractivity contribution in [2.24, 2.45) is 0 Å². The van der Waals surface area contributed by atoms with Crippen molar-refractivity contribution in [1.29, 1.82) is 5.26 Å². The number of pyridine rings is 1. The molecule has 1 amide bonds. The molecule has 2 aromatic heterocycles. The summed E-state index contributed by atoms with van der Waals surface area (Å²) in [5.41, 5.74) is 3.90. The van der Waals surface area contributed by atoms with Crippen molar-refractivity contribution in [2.45, 2.75) is 24.9 Å². The van der Waals surface area contributed by atoms with Gasteiger partial charge in [0.1, 0.15) is 17.6 Å². The second kappa shape index (κ2) is 12.4. The fourth-order valence-electron chi connectivity index (χ4n) is 5.34. The highest BCUT2D eigenvalue weighted by Gasteiger charge is 2.26. The number of rotatable bonds is 7. The molecule has 1 atom stereocenters. The third-order valence-corrected chi connectivity index (χ3v) is 8.19. The number of hydrogen-bond acceptors (Lipinski definition) is 7. The maximum Gasteiger partial charge on any atom is 0.407 e. The van der Waals surface area contributed by atoms with E-state index < -0.39 is 18.0 Å². The van der Waals surface area contributed by atoms with Crippen molar-refractivity contribution in [1.82, 2.24) is 24.9 Å². The van der Waals surface area contributed by atoms with Crippen molar-refractivity contribution < 1.29 is 14.3 Å². The third-order valence-electron chi connectivity index (χ3n) is 7.61. The van der Waals surface area contributed by atoms with Gasteiger partial charge in [-0.25, -0.2) is 13.9 Å². The Morgan fingerprint density at radius 3 is 2.52 bits per heavy atom. The smallest absolute Gasteiger partial charge is 0.407 e. The fraction of sp³-hybridized carbons (Fsp3) is 0.194. The van der Waals surface area contributed by atoms with Crippen LogP contribution in [0.4, 0.5) is 26.2 Å². The molecule has 0 spiro atoms. The average molecular weight is 631 g/mol. The Bertz CT molecular complexity index is 1890. The van der Waals surface area contributed by atoms with E-state index in [1.807, 2.05) is 42.6 Å². The molecule has 3 aromatic carbocycles. The minimum Gasteiger partial charge on any atom is -0.465 e. The number of anilines is 3. The van der Waals surface area contributed by atoms with Gasteiger partial charge in [0.05, 0.1) is 45.1 Å². The molecule has 1 aliphatic rings. The van der Waals surface area contributed by atoms with Crippen LogP contribution in [0.2, 0.25) is 10.0 Å². The standard InChI is InChI=1S/C31H25Cl2FN8O2/c32-24-13-20(6-7-26(24)34)37-28-19(15-35)16-36-30-23(28)12-21(14-25(30)33)38-29(18-4-2-1-3-5-18)27-17-42(40-39-27)22-8-10-41(11-9-22)31(43)44/h1-7,12-14,16-17,22,29,38H,8-11H2,(H,36,37)(H,43,44)/t29-/m0/s1. The lowest BCUT2D eigenvalue weighted by Gasteiger charge is -2.29. The molecule has 222 valence electrons. The Balaban J connectivity index is 1.36. The van der Waals surface area contributed by atoms with E-state index in [2.05, 4.69) is 32.0 Å². The van der Waals surface area contributed by atoms with Crippen molar-refractivity contribution in [3.63, 3.8) is 0 Å². The van der Waals surface area contributed by atoms with Crippen molar-refractivity contribution in [3.05, 3.63) is 106 Å². The van der Waals surface area contributed by atoms with Crippen molar-refractivity contribution >= 4 is 57.3 Å². The summed E-state index contributed by atoms with van der Waals surface area (Å²) in [6, 6.07) is 19.3. The van der Waals surface area contributed by atoms with Crippen LogP contribution in [0.15, 0.2) is 73.1 Å². The van der Waals surface area contributed by atoms with Gasteiger partial charge in [-0.2, -0.15) is 5.26 Å². The summed E-state index contributed by atoms with van der Waals surface area (Å²) in [5.74, 6) is -0.554. The second-order valence-corrected chi connectivity index (χ2v) is 11.2. The molecular weight excluding hydrogens is 606 g/mol. The molecule has 6 rings (SSSR count). The number of piperidine rings is 1. The lowest BCUT2D eigenvalue weighted by atomic mass is 10.0. The van der Waals surface area contributed by atoms with Gasteiger partial charge in [-0.3, -0.25) is 4.98 Å². The van der Waals surface area contributed by atoms with Gasteiger partial charge in [0.25, 0.3) is 0 Å². The zero-order valence-electron chi connectivity index (χ0n) is 23.1. The van der Waals surface area contributed by atoms with E-state index in [1.165, 1.54) is 29.3 Å². The van der Waals surface area contributed by atoms with Gasteiger partial charge in [-0.05, 0) is 48.7 Å². The molecule has 10 nitrogen and oxygen atoms in total. The Labute approximate surface area is 261 Å². The summed E-state index contributed by atoms with van der Waals surface area (Å²) in [4.78, 5) is 17.2. The van der Waals surface area contributed by atoms with Gasteiger partial charge < -0.3 is 20.6 Å². The van der Waals surface area contributed by atoms with E-state index in [0.717, 1.165) is 5.56 Å². The molecule has 3 heterocycles. The highest BCUT2D eigenvalue weighted by Crippen LogP contribution is 2.37.